The summed E-state index contributed by atoms with van der Waals surface area (Å²) in [6, 6.07) is 0.566. The zero-order chi connectivity index (χ0) is 11.5. The van der Waals surface area contributed by atoms with Crippen molar-refractivity contribution in [1.82, 2.24) is 4.98 Å². The highest BCUT2D eigenvalue weighted by molar-refractivity contribution is 9.10. The Morgan fingerprint density at radius 2 is 2.31 bits per heavy atom. The van der Waals surface area contributed by atoms with Gasteiger partial charge in [0.25, 0.3) is 0 Å². The van der Waals surface area contributed by atoms with Gasteiger partial charge < -0.3 is 10.6 Å². The molecule has 16 heavy (non-hydrogen) atoms. The van der Waals surface area contributed by atoms with Crippen molar-refractivity contribution in [3.05, 3.63) is 9.98 Å². The third-order valence-corrected chi connectivity index (χ3v) is 5.08. The highest BCUT2D eigenvalue weighted by atomic mass is 79.9. The monoisotopic (exact) mass is 303 g/mol. The Bertz CT molecular complexity index is 342. The summed E-state index contributed by atoms with van der Waals surface area (Å²) in [6.07, 6.45) is 5.15. The smallest absolute Gasteiger partial charge is 0.186 e. The summed E-state index contributed by atoms with van der Waals surface area (Å²) in [5, 5.41) is 3.13. The Kier molecular flexibility index (Phi) is 4.21. The molecule has 0 bridgehead atoms. The largest absolute Gasteiger partial charge is 0.348 e. The first-order chi connectivity index (χ1) is 7.72. The lowest BCUT2D eigenvalue weighted by molar-refractivity contribution is 0.306. The highest BCUT2D eigenvalue weighted by Gasteiger charge is 2.28. The lowest BCUT2D eigenvalue weighted by Gasteiger charge is -2.37. The van der Waals surface area contributed by atoms with Gasteiger partial charge in [0.2, 0.25) is 0 Å². The Hall–Kier alpha value is -0.130. The molecule has 0 radical (unpaired) electrons. The first-order valence-electron chi connectivity index (χ1n) is 5.76. The molecule has 2 atom stereocenters. The van der Waals surface area contributed by atoms with Gasteiger partial charge in [0.05, 0.1) is 0 Å². The number of thiazole rings is 1. The number of hydrogen-bond acceptors (Lipinski definition) is 4. The van der Waals surface area contributed by atoms with E-state index in [0.29, 0.717) is 12.0 Å². The Balaban J connectivity index is 2.10. The summed E-state index contributed by atoms with van der Waals surface area (Å²) >= 11 is 5.10. The second-order valence-corrected chi connectivity index (χ2v) is 6.06. The van der Waals surface area contributed by atoms with Crippen LogP contribution in [0.25, 0.3) is 0 Å². The fourth-order valence-electron chi connectivity index (χ4n) is 2.52. The molecular weight excluding hydrogens is 286 g/mol. The topological polar surface area (TPSA) is 42.2 Å². The molecule has 1 aliphatic rings. The van der Waals surface area contributed by atoms with Crippen molar-refractivity contribution < 1.29 is 0 Å². The third kappa shape index (κ3) is 2.57. The Morgan fingerprint density at radius 1 is 1.56 bits per heavy atom. The molecule has 2 rings (SSSR count). The van der Waals surface area contributed by atoms with Gasteiger partial charge in [-0.25, -0.2) is 4.98 Å². The highest BCUT2D eigenvalue weighted by Crippen LogP contribution is 2.32. The summed E-state index contributed by atoms with van der Waals surface area (Å²) in [4.78, 5) is 6.79. The van der Waals surface area contributed by atoms with Crippen LogP contribution in [0, 0.1) is 5.92 Å². The van der Waals surface area contributed by atoms with Crippen molar-refractivity contribution in [2.45, 2.75) is 31.7 Å². The maximum atomic E-state index is 5.86. The molecule has 1 aromatic rings. The minimum Gasteiger partial charge on any atom is -0.348 e. The van der Waals surface area contributed by atoms with Crippen LogP contribution in [0.2, 0.25) is 0 Å². The number of aromatic nitrogens is 1. The second kappa shape index (κ2) is 5.47. The van der Waals surface area contributed by atoms with E-state index in [0.717, 1.165) is 16.3 Å². The van der Waals surface area contributed by atoms with Gasteiger partial charge in [-0.15, -0.1) is 11.3 Å². The zero-order valence-corrected chi connectivity index (χ0v) is 11.9. The van der Waals surface area contributed by atoms with Gasteiger partial charge in [0.1, 0.15) is 4.60 Å². The summed E-state index contributed by atoms with van der Waals surface area (Å²) in [7, 11) is 2.14. The SMILES string of the molecule is CN(c1nc(Br)cs1)C1CCCCC1CN. The number of rotatable bonds is 3. The molecule has 1 aromatic heterocycles. The molecule has 5 heteroatoms. The van der Waals surface area contributed by atoms with Gasteiger partial charge in [-0.05, 0) is 41.2 Å². The molecule has 2 N–H and O–H groups in total. The van der Waals surface area contributed by atoms with Gasteiger partial charge in [0.15, 0.2) is 5.13 Å². The quantitative estimate of drug-likeness (QED) is 0.933. The fraction of sp³-hybridized carbons (Fsp3) is 0.727. The maximum absolute atomic E-state index is 5.86. The second-order valence-electron chi connectivity index (χ2n) is 4.41. The first kappa shape index (κ1) is 12.3. The van der Waals surface area contributed by atoms with E-state index in [1.54, 1.807) is 11.3 Å². The van der Waals surface area contributed by atoms with Gasteiger partial charge in [-0.1, -0.05) is 12.8 Å². The number of halogens is 1. The average Bonchev–Trinajstić information content (AvgIpc) is 2.75. The first-order valence-corrected chi connectivity index (χ1v) is 7.43. The fourth-order valence-corrected chi connectivity index (χ4v) is 3.80. The molecule has 0 aliphatic heterocycles. The lowest BCUT2D eigenvalue weighted by Crippen LogP contribution is -2.43. The Morgan fingerprint density at radius 3 is 2.94 bits per heavy atom. The Labute approximate surface area is 109 Å². The van der Waals surface area contributed by atoms with Crippen LogP contribution < -0.4 is 10.6 Å². The van der Waals surface area contributed by atoms with E-state index in [1.807, 2.05) is 5.38 Å². The molecule has 1 fully saturated rings. The van der Waals surface area contributed by atoms with Crippen molar-refractivity contribution in [2.24, 2.45) is 11.7 Å². The van der Waals surface area contributed by atoms with E-state index in [1.165, 1.54) is 25.7 Å². The lowest BCUT2D eigenvalue weighted by atomic mass is 9.84. The van der Waals surface area contributed by atoms with Gasteiger partial charge in [-0.3, -0.25) is 0 Å². The normalized spacial score (nSPS) is 25.7. The summed E-state index contributed by atoms with van der Waals surface area (Å²) in [6.45, 7) is 0.793. The van der Waals surface area contributed by atoms with E-state index in [2.05, 4.69) is 32.9 Å². The number of nitrogens with two attached hydrogens (primary N) is 1. The molecule has 90 valence electrons. The van der Waals surface area contributed by atoms with Crippen LogP contribution in [0.1, 0.15) is 25.7 Å². The standard InChI is InChI=1S/C11H18BrN3S/c1-15(11-14-10(12)7-16-11)9-5-3-2-4-8(9)6-13/h7-9H,2-6,13H2,1H3. The van der Waals surface area contributed by atoms with Gasteiger partial charge in [-0.2, -0.15) is 0 Å². The van der Waals surface area contributed by atoms with E-state index in [4.69, 9.17) is 5.73 Å². The summed E-state index contributed by atoms with van der Waals surface area (Å²) in [5.74, 6) is 0.626. The number of hydrogen-bond donors (Lipinski definition) is 1. The van der Waals surface area contributed by atoms with Crippen LogP contribution in [0.4, 0.5) is 5.13 Å². The molecule has 0 amide bonds. The van der Waals surface area contributed by atoms with Crippen molar-refractivity contribution in [3.8, 4) is 0 Å². The third-order valence-electron chi connectivity index (χ3n) is 3.43. The van der Waals surface area contributed by atoms with E-state index in [9.17, 15) is 0 Å². The molecular formula is C11H18BrN3S. The molecule has 1 saturated carbocycles. The van der Waals surface area contributed by atoms with Crippen LogP contribution in [0.3, 0.4) is 0 Å². The predicted octanol–water partition coefficient (Wildman–Crippen LogP) is 2.86. The van der Waals surface area contributed by atoms with Crippen molar-refractivity contribution >= 4 is 32.4 Å². The van der Waals surface area contributed by atoms with Crippen LogP contribution in [-0.2, 0) is 0 Å². The number of anilines is 1. The minimum absolute atomic E-state index is 0.566. The molecule has 1 aliphatic carbocycles. The van der Waals surface area contributed by atoms with Crippen molar-refractivity contribution in [2.75, 3.05) is 18.5 Å². The van der Waals surface area contributed by atoms with Crippen molar-refractivity contribution in [1.29, 1.82) is 0 Å². The van der Waals surface area contributed by atoms with Crippen molar-refractivity contribution in [3.63, 3.8) is 0 Å². The molecule has 3 nitrogen and oxygen atoms in total. The summed E-state index contributed by atoms with van der Waals surface area (Å²) < 4.78 is 0.930. The van der Waals surface area contributed by atoms with Crippen LogP contribution in [0.5, 0.6) is 0 Å². The average molecular weight is 304 g/mol. The zero-order valence-electron chi connectivity index (χ0n) is 9.53. The molecule has 1 heterocycles. The van der Waals surface area contributed by atoms with E-state index < -0.39 is 0 Å². The van der Waals surface area contributed by atoms with Crippen LogP contribution in [-0.4, -0.2) is 24.6 Å². The molecule has 0 saturated heterocycles. The van der Waals surface area contributed by atoms with Crippen LogP contribution >= 0.6 is 27.3 Å². The van der Waals surface area contributed by atoms with Gasteiger partial charge >= 0.3 is 0 Å². The van der Waals surface area contributed by atoms with E-state index in [-0.39, 0.29) is 0 Å². The molecule has 0 aromatic carbocycles. The minimum atomic E-state index is 0.566. The van der Waals surface area contributed by atoms with Crippen LogP contribution in [0.15, 0.2) is 9.98 Å². The maximum Gasteiger partial charge on any atom is 0.186 e. The summed E-state index contributed by atoms with van der Waals surface area (Å²) in [5.41, 5.74) is 5.86. The molecule has 2 unspecified atom stereocenters. The number of nitrogens with zero attached hydrogens (tertiary/aromatic N) is 2. The van der Waals surface area contributed by atoms with Gasteiger partial charge in [0, 0.05) is 18.5 Å². The molecule has 0 spiro atoms. The van der Waals surface area contributed by atoms with E-state index >= 15 is 0 Å². The predicted molar refractivity (Wildman–Crippen MR) is 73.0 cm³/mol.